The smallest absolute Gasteiger partial charge is 0.358 e. The molecule has 2 aromatic rings. The Morgan fingerprint density at radius 2 is 1.70 bits per heavy atom. The standard InChI is InChI=1S/C15H16N2O6/c1-17-13(8-10(16-17)15(19)22-4)23-14(18)9-5-6-11(20-2)12(7-9)21-3/h5-8H,1-4H3. The lowest BCUT2D eigenvalue weighted by molar-refractivity contribution is 0.0592. The summed E-state index contributed by atoms with van der Waals surface area (Å²) >= 11 is 0. The number of carbonyl (C=O) groups excluding carboxylic acids is 2. The fourth-order valence-electron chi connectivity index (χ4n) is 1.87. The van der Waals surface area contributed by atoms with Crippen LogP contribution in [0.4, 0.5) is 0 Å². The number of nitrogens with zero attached hydrogens (tertiary/aromatic N) is 2. The van der Waals surface area contributed by atoms with Crippen LogP contribution in [0.5, 0.6) is 17.4 Å². The molecule has 0 amide bonds. The number of hydrogen-bond donors (Lipinski definition) is 0. The molecule has 0 saturated carbocycles. The molecule has 8 nitrogen and oxygen atoms in total. The third-order valence-electron chi connectivity index (χ3n) is 3.05. The van der Waals surface area contributed by atoms with Crippen LogP contribution < -0.4 is 14.2 Å². The molecule has 1 heterocycles. The van der Waals surface area contributed by atoms with Gasteiger partial charge in [-0.1, -0.05) is 0 Å². The SMILES string of the molecule is COC(=O)c1cc(OC(=O)c2ccc(OC)c(OC)c2)n(C)n1. The van der Waals surface area contributed by atoms with E-state index in [9.17, 15) is 9.59 Å². The summed E-state index contributed by atoms with van der Waals surface area (Å²) in [6.45, 7) is 0. The fraction of sp³-hybridized carbons (Fsp3) is 0.267. The normalized spacial score (nSPS) is 10.1. The minimum absolute atomic E-state index is 0.0464. The third kappa shape index (κ3) is 3.42. The van der Waals surface area contributed by atoms with Crippen LogP contribution in [0.15, 0.2) is 24.3 Å². The molecule has 1 aromatic heterocycles. The van der Waals surface area contributed by atoms with Gasteiger partial charge in [-0.3, -0.25) is 0 Å². The van der Waals surface area contributed by atoms with Gasteiger partial charge in [0.1, 0.15) is 0 Å². The number of hydrogen-bond acceptors (Lipinski definition) is 7. The molecule has 0 bridgehead atoms. The Balaban J connectivity index is 2.22. The Bertz CT molecular complexity index is 738. The molecule has 0 fully saturated rings. The second-order valence-corrected chi connectivity index (χ2v) is 4.44. The van der Waals surface area contributed by atoms with Crippen molar-refractivity contribution in [2.45, 2.75) is 0 Å². The molecule has 0 radical (unpaired) electrons. The number of aromatic nitrogens is 2. The molecule has 8 heteroatoms. The first kappa shape index (κ1) is 16.3. The minimum atomic E-state index is -0.620. The van der Waals surface area contributed by atoms with Crippen LogP contribution in [0.25, 0.3) is 0 Å². The lowest BCUT2D eigenvalue weighted by Gasteiger charge is -2.09. The van der Waals surface area contributed by atoms with E-state index in [0.29, 0.717) is 11.5 Å². The number of aryl methyl sites for hydroxylation is 1. The fourth-order valence-corrected chi connectivity index (χ4v) is 1.87. The molecule has 0 saturated heterocycles. The topological polar surface area (TPSA) is 88.9 Å². The zero-order valence-electron chi connectivity index (χ0n) is 13.2. The highest BCUT2D eigenvalue weighted by Crippen LogP contribution is 2.28. The van der Waals surface area contributed by atoms with Crippen molar-refractivity contribution in [2.24, 2.45) is 7.05 Å². The summed E-state index contributed by atoms with van der Waals surface area (Å²) in [5.74, 6) is -0.218. The average Bonchev–Trinajstić information content (AvgIpc) is 2.94. The monoisotopic (exact) mass is 320 g/mol. The van der Waals surface area contributed by atoms with Crippen molar-refractivity contribution < 1.29 is 28.5 Å². The van der Waals surface area contributed by atoms with Gasteiger partial charge in [-0.25, -0.2) is 14.3 Å². The zero-order chi connectivity index (χ0) is 17.0. The molecule has 0 N–H and O–H groups in total. The molecule has 0 aliphatic carbocycles. The molecule has 2 rings (SSSR count). The summed E-state index contributed by atoms with van der Waals surface area (Å²) in [6.07, 6.45) is 0. The van der Waals surface area contributed by atoms with Crippen LogP contribution in [-0.4, -0.2) is 43.0 Å². The van der Waals surface area contributed by atoms with Gasteiger partial charge in [0.05, 0.1) is 26.9 Å². The number of benzene rings is 1. The Morgan fingerprint density at radius 1 is 1.00 bits per heavy atom. The van der Waals surface area contributed by atoms with Gasteiger partial charge in [-0.15, -0.1) is 0 Å². The minimum Gasteiger partial charge on any atom is -0.493 e. The molecular formula is C15H16N2O6. The number of rotatable bonds is 5. The number of ether oxygens (including phenoxy) is 4. The van der Waals surface area contributed by atoms with E-state index in [0.717, 1.165) is 0 Å². The lowest BCUT2D eigenvalue weighted by atomic mass is 10.2. The maximum atomic E-state index is 12.2. The van der Waals surface area contributed by atoms with Crippen molar-refractivity contribution in [1.29, 1.82) is 0 Å². The number of methoxy groups -OCH3 is 3. The third-order valence-corrected chi connectivity index (χ3v) is 3.05. The van der Waals surface area contributed by atoms with E-state index in [4.69, 9.17) is 14.2 Å². The quantitative estimate of drug-likeness (QED) is 0.770. The van der Waals surface area contributed by atoms with Crippen molar-refractivity contribution in [3.63, 3.8) is 0 Å². The second kappa shape index (κ2) is 6.82. The molecule has 0 atom stereocenters. The van der Waals surface area contributed by atoms with Gasteiger partial charge in [-0.2, -0.15) is 5.10 Å². The Hall–Kier alpha value is -3.03. The van der Waals surface area contributed by atoms with E-state index in [2.05, 4.69) is 9.84 Å². The average molecular weight is 320 g/mol. The van der Waals surface area contributed by atoms with Crippen molar-refractivity contribution >= 4 is 11.9 Å². The number of esters is 2. The first-order chi connectivity index (χ1) is 11.0. The van der Waals surface area contributed by atoms with Crippen molar-refractivity contribution in [1.82, 2.24) is 9.78 Å². The van der Waals surface area contributed by atoms with E-state index >= 15 is 0 Å². The van der Waals surface area contributed by atoms with E-state index in [1.54, 1.807) is 19.2 Å². The van der Waals surface area contributed by atoms with E-state index in [1.807, 2.05) is 0 Å². The maximum Gasteiger partial charge on any atom is 0.358 e. The van der Waals surface area contributed by atoms with Crippen molar-refractivity contribution in [3.05, 3.63) is 35.5 Å². The Kier molecular flexibility index (Phi) is 4.85. The van der Waals surface area contributed by atoms with E-state index < -0.39 is 11.9 Å². The highest BCUT2D eigenvalue weighted by atomic mass is 16.5. The summed E-state index contributed by atoms with van der Waals surface area (Å²) in [6, 6.07) is 5.96. The summed E-state index contributed by atoms with van der Waals surface area (Å²) in [5, 5.41) is 3.91. The zero-order valence-corrected chi connectivity index (χ0v) is 13.2. The summed E-state index contributed by atoms with van der Waals surface area (Å²) in [4.78, 5) is 23.6. The second-order valence-electron chi connectivity index (χ2n) is 4.44. The van der Waals surface area contributed by atoms with Crippen molar-refractivity contribution in [3.8, 4) is 17.4 Å². The van der Waals surface area contributed by atoms with Gasteiger partial charge in [0.2, 0.25) is 5.88 Å². The van der Waals surface area contributed by atoms with E-state index in [-0.39, 0.29) is 17.1 Å². The molecular weight excluding hydrogens is 304 g/mol. The maximum absolute atomic E-state index is 12.2. The van der Waals surface area contributed by atoms with E-state index in [1.165, 1.54) is 38.1 Å². The predicted molar refractivity (Wildman–Crippen MR) is 79.1 cm³/mol. The Labute approximate surface area is 132 Å². The number of carbonyl (C=O) groups is 2. The molecule has 0 aliphatic rings. The molecule has 0 aliphatic heterocycles. The molecule has 0 unspecified atom stereocenters. The largest absolute Gasteiger partial charge is 0.493 e. The van der Waals surface area contributed by atoms with Gasteiger partial charge in [0.15, 0.2) is 17.2 Å². The van der Waals surface area contributed by atoms with Gasteiger partial charge in [0.25, 0.3) is 0 Å². The molecule has 23 heavy (non-hydrogen) atoms. The van der Waals surface area contributed by atoms with Crippen molar-refractivity contribution in [2.75, 3.05) is 21.3 Å². The molecule has 0 spiro atoms. The van der Waals surface area contributed by atoms with Gasteiger partial charge < -0.3 is 18.9 Å². The Morgan fingerprint density at radius 3 is 2.30 bits per heavy atom. The molecule has 122 valence electrons. The van der Waals surface area contributed by atoms with Crippen LogP contribution >= 0.6 is 0 Å². The van der Waals surface area contributed by atoms with Crippen LogP contribution in [0.3, 0.4) is 0 Å². The molecule has 1 aromatic carbocycles. The first-order valence-electron chi connectivity index (χ1n) is 6.56. The lowest BCUT2D eigenvalue weighted by Crippen LogP contribution is -2.11. The van der Waals surface area contributed by atoms with Gasteiger partial charge in [-0.05, 0) is 18.2 Å². The summed E-state index contributed by atoms with van der Waals surface area (Å²) in [7, 11) is 5.76. The highest BCUT2D eigenvalue weighted by Gasteiger charge is 2.18. The van der Waals surface area contributed by atoms with Crippen LogP contribution in [-0.2, 0) is 11.8 Å². The van der Waals surface area contributed by atoms with Crippen LogP contribution in [0.2, 0.25) is 0 Å². The summed E-state index contributed by atoms with van der Waals surface area (Å²) < 4.78 is 21.3. The van der Waals surface area contributed by atoms with Gasteiger partial charge >= 0.3 is 11.9 Å². The van der Waals surface area contributed by atoms with Crippen LogP contribution in [0.1, 0.15) is 20.8 Å². The predicted octanol–water partition coefficient (Wildman–Crippen LogP) is 1.44. The highest BCUT2D eigenvalue weighted by molar-refractivity contribution is 5.92. The van der Waals surface area contributed by atoms with Crippen LogP contribution in [0, 0.1) is 0 Å². The first-order valence-corrected chi connectivity index (χ1v) is 6.56. The summed E-state index contributed by atoms with van der Waals surface area (Å²) in [5.41, 5.74) is 0.313. The van der Waals surface area contributed by atoms with Gasteiger partial charge in [0, 0.05) is 13.1 Å².